The summed E-state index contributed by atoms with van der Waals surface area (Å²) in [7, 11) is 1.61. The van der Waals surface area contributed by atoms with Crippen LogP contribution in [0.15, 0.2) is 23.2 Å². The van der Waals surface area contributed by atoms with Gasteiger partial charge >= 0.3 is 0 Å². The second-order valence-corrected chi connectivity index (χ2v) is 7.41. The molecule has 29 heavy (non-hydrogen) atoms. The molecule has 0 aliphatic carbocycles. The number of hydrogen-bond donors (Lipinski definition) is 3. The van der Waals surface area contributed by atoms with Crippen LogP contribution in [0.4, 0.5) is 0 Å². The minimum Gasteiger partial charge on any atom is -0.493 e. The van der Waals surface area contributed by atoms with E-state index in [2.05, 4.69) is 29.4 Å². The quantitative estimate of drug-likeness (QED) is 0.298. The minimum atomic E-state index is -0.0242. The fourth-order valence-electron chi connectivity index (χ4n) is 3.58. The van der Waals surface area contributed by atoms with Crippen molar-refractivity contribution in [1.29, 1.82) is 0 Å². The molecule has 0 radical (unpaired) electrons. The standard InChI is InChI=1S/C22H38N4O3/c1-4-23-22(24-11-7-13-26-12-6-5-8-18(26)2)25-17-19-9-10-20(29-15-14-27)21(16-19)28-3/h9-10,16,18,27H,4-8,11-15,17H2,1-3H3,(H2,23,24,25). The summed E-state index contributed by atoms with van der Waals surface area (Å²) in [5, 5.41) is 15.7. The third kappa shape index (κ3) is 8.11. The summed E-state index contributed by atoms with van der Waals surface area (Å²) in [4.78, 5) is 7.29. The van der Waals surface area contributed by atoms with E-state index in [0.717, 1.165) is 37.6 Å². The molecule has 2 rings (SSSR count). The average molecular weight is 407 g/mol. The molecule has 1 aromatic carbocycles. The first-order chi connectivity index (χ1) is 14.2. The van der Waals surface area contributed by atoms with Crippen molar-refractivity contribution >= 4 is 5.96 Å². The molecular weight excluding hydrogens is 368 g/mol. The number of aliphatic hydroxyl groups excluding tert-OH is 1. The van der Waals surface area contributed by atoms with Crippen molar-refractivity contribution in [3.63, 3.8) is 0 Å². The Morgan fingerprint density at radius 1 is 1.28 bits per heavy atom. The summed E-state index contributed by atoms with van der Waals surface area (Å²) in [6, 6.07) is 6.47. The summed E-state index contributed by atoms with van der Waals surface area (Å²) in [5.41, 5.74) is 1.04. The number of nitrogens with zero attached hydrogens (tertiary/aromatic N) is 2. The minimum absolute atomic E-state index is 0.0242. The summed E-state index contributed by atoms with van der Waals surface area (Å²) >= 11 is 0. The van der Waals surface area contributed by atoms with Crippen molar-refractivity contribution in [2.75, 3.05) is 46.5 Å². The highest BCUT2D eigenvalue weighted by atomic mass is 16.5. The molecule has 1 atom stereocenters. The Hall–Kier alpha value is -1.99. The van der Waals surface area contributed by atoms with Crippen LogP contribution >= 0.6 is 0 Å². The molecule has 1 aliphatic rings. The third-order valence-electron chi connectivity index (χ3n) is 5.20. The molecule has 7 nitrogen and oxygen atoms in total. The van der Waals surface area contributed by atoms with Crippen molar-refractivity contribution in [3.05, 3.63) is 23.8 Å². The van der Waals surface area contributed by atoms with Gasteiger partial charge in [-0.1, -0.05) is 12.5 Å². The molecular formula is C22H38N4O3. The lowest BCUT2D eigenvalue weighted by molar-refractivity contribution is 0.159. The predicted molar refractivity (Wildman–Crippen MR) is 118 cm³/mol. The smallest absolute Gasteiger partial charge is 0.191 e. The Morgan fingerprint density at radius 3 is 2.86 bits per heavy atom. The van der Waals surface area contributed by atoms with Gasteiger partial charge in [-0.2, -0.15) is 0 Å². The van der Waals surface area contributed by atoms with Gasteiger partial charge in [0.2, 0.25) is 0 Å². The van der Waals surface area contributed by atoms with Gasteiger partial charge in [-0.15, -0.1) is 0 Å². The van der Waals surface area contributed by atoms with Crippen LogP contribution in [0, 0.1) is 0 Å². The lowest BCUT2D eigenvalue weighted by Crippen LogP contribution is -2.41. The van der Waals surface area contributed by atoms with Crippen LogP contribution < -0.4 is 20.1 Å². The number of methoxy groups -OCH3 is 1. The van der Waals surface area contributed by atoms with Gasteiger partial charge < -0.3 is 30.1 Å². The van der Waals surface area contributed by atoms with Crippen LogP contribution in [0.3, 0.4) is 0 Å². The average Bonchev–Trinajstić information content (AvgIpc) is 2.74. The van der Waals surface area contributed by atoms with Crippen LogP contribution in [0.1, 0.15) is 45.1 Å². The molecule has 1 fully saturated rings. The zero-order chi connectivity index (χ0) is 20.9. The molecule has 1 heterocycles. The van der Waals surface area contributed by atoms with Crippen LogP contribution in [0.2, 0.25) is 0 Å². The molecule has 0 spiro atoms. The molecule has 0 aromatic heterocycles. The van der Waals surface area contributed by atoms with Gasteiger partial charge in [0.25, 0.3) is 0 Å². The van der Waals surface area contributed by atoms with E-state index in [1.54, 1.807) is 7.11 Å². The highest BCUT2D eigenvalue weighted by Crippen LogP contribution is 2.28. The van der Waals surface area contributed by atoms with Gasteiger partial charge in [0, 0.05) is 25.7 Å². The Balaban J connectivity index is 1.84. The summed E-state index contributed by atoms with van der Waals surface area (Å²) < 4.78 is 10.9. The van der Waals surface area contributed by atoms with Crippen molar-refractivity contribution in [3.8, 4) is 11.5 Å². The van der Waals surface area contributed by atoms with Crippen molar-refractivity contribution in [2.45, 2.75) is 52.1 Å². The Labute approximate surface area is 175 Å². The number of guanidine groups is 1. The topological polar surface area (TPSA) is 78.4 Å². The summed E-state index contributed by atoms with van der Waals surface area (Å²) in [6.45, 7) is 9.29. The Bertz CT molecular complexity index is 624. The molecule has 1 aromatic rings. The highest BCUT2D eigenvalue weighted by molar-refractivity contribution is 5.79. The first-order valence-electron chi connectivity index (χ1n) is 10.8. The number of aliphatic hydroxyl groups is 1. The number of rotatable bonds is 11. The van der Waals surface area contributed by atoms with Gasteiger partial charge in [0.15, 0.2) is 17.5 Å². The first-order valence-corrected chi connectivity index (χ1v) is 10.8. The van der Waals surface area contributed by atoms with E-state index in [1.165, 1.54) is 25.8 Å². The maximum absolute atomic E-state index is 8.92. The highest BCUT2D eigenvalue weighted by Gasteiger charge is 2.17. The second kappa shape index (κ2) is 13.3. The number of likely N-dealkylation sites (tertiary alicyclic amines) is 1. The van der Waals surface area contributed by atoms with Crippen molar-refractivity contribution in [1.82, 2.24) is 15.5 Å². The lowest BCUT2D eigenvalue weighted by Gasteiger charge is -2.33. The van der Waals surface area contributed by atoms with E-state index in [1.807, 2.05) is 18.2 Å². The monoisotopic (exact) mass is 406 g/mol. The second-order valence-electron chi connectivity index (χ2n) is 7.41. The largest absolute Gasteiger partial charge is 0.493 e. The van der Waals surface area contributed by atoms with E-state index in [4.69, 9.17) is 19.6 Å². The van der Waals surface area contributed by atoms with Crippen molar-refractivity contribution < 1.29 is 14.6 Å². The molecule has 164 valence electrons. The molecule has 0 saturated carbocycles. The van der Waals surface area contributed by atoms with Crippen LogP contribution in [0.5, 0.6) is 11.5 Å². The van der Waals surface area contributed by atoms with Gasteiger partial charge in [0.1, 0.15) is 6.61 Å². The van der Waals surface area contributed by atoms with Crippen LogP contribution in [-0.2, 0) is 6.54 Å². The SMILES string of the molecule is CCNC(=NCc1ccc(OCCO)c(OC)c1)NCCCN1CCCCC1C. The Kier molecular flexibility index (Phi) is 10.7. The lowest BCUT2D eigenvalue weighted by atomic mass is 10.0. The fraction of sp³-hybridized carbons (Fsp3) is 0.682. The molecule has 0 bridgehead atoms. The van der Waals surface area contributed by atoms with E-state index >= 15 is 0 Å². The molecule has 0 amide bonds. The number of ether oxygens (including phenoxy) is 2. The zero-order valence-corrected chi connectivity index (χ0v) is 18.2. The van der Waals surface area contributed by atoms with Crippen molar-refractivity contribution in [2.24, 2.45) is 4.99 Å². The zero-order valence-electron chi connectivity index (χ0n) is 18.2. The summed E-state index contributed by atoms with van der Waals surface area (Å²) in [6.07, 6.45) is 5.13. The van der Waals surface area contributed by atoms with Crippen LogP contribution in [-0.4, -0.2) is 68.5 Å². The number of hydrogen-bond acceptors (Lipinski definition) is 5. The van der Waals surface area contributed by atoms with Gasteiger partial charge in [-0.05, 0) is 57.4 Å². The normalized spacial score (nSPS) is 17.8. The summed E-state index contributed by atoms with van der Waals surface area (Å²) in [5.74, 6) is 2.12. The number of aliphatic imine (C=N–C) groups is 1. The molecule has 1 unspecified atom stereocenters. The van der Waals surface area contributed by atoms with Gasteiger partial charge in [0.05, 0.1) is 20.3 Å². The fourth-order valence-corrected chi connectivity index (χ4v) is 3.58. The Morgan fingerprint density at radius 2 is 2.14 bits per heavy atom. The molecule has 7 heteroatoms. The molecule has 1 aliphatic heterocycles. The van der Waals surface area contributed by atoms with Gasteiger partial charge in [-0.3, -0.25) is 0 Å². The molecule has 3 N–H and O–H groups in total. The predicted octanol–water partition coefficient (Wildman–Crippen LogP) is 2.39. The number of nitrogens with one attached hydrogen (secondary N) is 2. The van der Waals surface area contributed by atoms with Crippen LogP contribution in [0.25, 0.3) is 0 Å². The maximum Gasteiger partial charge on any atom is 0.191 e. The number of piperidine rings is 1. The maximum atomic E-state index is 8.92. The van der Waals surface area contributed by atoms with E-state index in [-0.39, 0.29) is 13.2 Å². The van der Waals surface area contributed by atoms with E-state index in [9.17, 15) is 0 Å². The first kappa shape index (κ1) is 23.3. The number of benzene rings is 1. The van der Waals surface area contributed by atoms with E-state index in [0.29, 0.717) is 24.1 Å². The van der Waals surface area contributed by atoms with E-state index < -0.39 is 0 Å². The third-order valence-corrected chi connectivity index (χ3v) is 5.20. The molecule has 1 saturated heterocycles. The van der Waals surface area contributed by atoms with Gasteiger partial charge in [-0.25, -0.2) is 4.99 Å².